The van der Waals surface area contributed by atoms with Gasteiger partial charge in [-0.2, -0.15) is 0 Å². The maximum absolute atomic E-state index is 12.3. The van der Waals surface area contributed by atoms with Gasteiger partial charge in [0.1, 0.15) is 12.7 Å². The molecule has 1 aliphatic heterocycles. The van der Waals surface area contributed by atoms with Gasteiger partial charge >= 0.3 is 11.8 Å². The number of ether oxygens (including phenoxy) is 2. The molecule has 6 heteroatoms. The van der Waals surface area contributed by atoms with Crippen LogP contribution in [0, 0.1) is 0 Å². The second kappa shape index (κ2) is 7.55. The quantitative estimate of drug-likeness (QED) is 0.856. The predicted molar refractivity (Wildman–Crippen MR) is 89.0 cm³/mol. The zero-order valence-corrected chi connectivity index (χ0v) is 14.0. The fraction of sp³-hybridized carbons (Fsp3) is 0.556. The highest BCUT2D eigenvalue weighted by atomic mass is 16.6. The largest absolute Gasteiger partial charge is 0.486 e. The lowest BCUT2D eigenvalue weighted by atomic mass is 9.94. The molecule has 0 spiro atoms. The Morgan fingerprint density at radius 1 is 1.17 bits per heavy atom. The maximum atomic E-state index is 12.3. The molecular formula is C18H24N2O4. The summed E-state index contributed by atoms with van der Waals surface area (Å²) >= 11 is 0. The lowest BCUT2D eigenvalue weighted by Gasteiger charge is -2.31. The molecular weight excluding hydrogens is 308 g/mol. The molecule has 2 amide bonds. The summed E-state index contributed by atoms with van der Waals surface area (Å²) in [6.07, 6.45) is 5.12. The summed E-state index contributed by atoms with van der Waals surface area (Å²) in [5, 5.41) is 2.67. The fourth-order valence-electron chi connectivity index (χ4n) is 3.24. The van der Waals surface area contributed by atoms with Gasteiger partial charge in [0, 0.05) is 13.1 Å². The van der Waals surface area contributed by atoms with Crippen LogP contribution in [0.2, 0.25) is 0 Å². The van der Waals surface area contributed by atoms with Gasteiger partial charge in [0.15, 0.2) is 11.5 Å². The highest BCUT2D eigenvalue weighted by Crippen LogP contribution is 2.30. The normalized spacial score (nSPS) is 20.3. The molecule has 1 aromatic rings. The fourth-order valence-corrected chi connectivity index (χ4v) is 3.24. The van der Waals surface area contributed by atoms with Crippen molar-refractivity contribution >= 4 is 11.8 Å². The summed E-state index contributed by atoms with van der Waals surface area (Å²) in [5.74, 6) is 0.311. The second-order valence-electron chi connectivity index (χ2n) is 6.42. The van der Waals surface area contributed by atoms with Crippen molar-refractivity contribution in [2.75, 3.05) is 20.2 Å². The number of benzene rings is 1. The first-order valence-electron chi connectivity index (χ1n) is 8.58. The molecule has 1 heterocycles. The van der Waals surface area contributed by atoms with Crippen molar-refractivity contribution in [3.05, 3.63) is 24.3 Å². The minimum absolute atomic E-state index is 0.179. The second-order valence-corrected chi connectivity index (χ2v) is 6.42. The topological polar surface area (TPSA) is 67.9 Å². The highest BCUT2D eigenvalue weighted by molar-refractivity contribution is 6.35. The third-order valence-electron chi connectivity index (χ3n) is 4.69. The summed E-state index contributed by atoms with van der Waals surface area (Å²) < 4.78 is 11.4. The number of amides is 2. The number of likely N-dealkylation sites (N-methyl/N-ethyl adjacent to an activating group) is 1. The Morgan fingerprint density at radius 2 is 1.88 bits per heavy atom. The summed E-state index contributed by atoms with van der Waals surface area (Å²) in [5.41, 5.74) is 0. The Hall–Kier alpha value is -2.24. The van der Waals surface area contributed by atoms with E-state index in [2.05, 4.69) is 5.32 Å². The third kappa shape index (κ3) is 3.80. The number of carbonyl (C=O) groups is 2. The molecule has 1 unspecified atom stereocenters. The van der Waals surface area contributed by atoms with Crippen LogP contribution in [0.25, 0.3) is 0 Å². The number of nitrogens with zero attached hydrogens (tertiary/aromatic N) is 1. The Balaban J connectivity index is 1.48. The van der Waals surface area contributed by atoms with E-state index >= 15 is 0 Å². The molecule has 1 atom stereocenters. The minimum atomic E-state index is -0.578. The van der Waals surface area contributed by atoms with Crippen molar-refractivity contribution < 1.29 is 19.1 Å². The molecule has 0 saturated heterocycles. The molecule has 2 aliphatic rings. The first-order chi connectivity index (χ1) is 11.6. The van der Waals surface area contributed by atoms with Crippen LogP contribution in [0.15, 0.2) is 24.3 Å². The van der Waals surface area contributed by atoms with Crippen LogP contribution in [0.5, 0.6) is 11.5 Å². The first kappa shape index (κ1) is 16.6. The number of hydrogen-bond donors (Lipinski definition) is 1. The lowest BCUT2D eigenvalue weighted by molar-refractivity contribution is -0.147. The van der Waals surface area contributed by atoms with E-state index in [0.29, 0.717) is 18.1 Å². The van der Waals surface area contributed by atoms with Crippen LogP contribution in [0.3, 0.4) is 0 Å². The van der Waals surface area contributed by atoms with E-state index in [1.165, 1.54) is 6.42 Å². The summed E-state index contributed by atoms with van der Waals surface area (Å²) in [6.45, 7) is 0.599. The van der Waals surface area contributed by atoms with Crippen molar-refractivity contribution in [3.8, 4) is 11.5 Å². The molecule has 0 bridgehead atoms. The van der Waals surface area contributed by atoms with Crippen LogP contribution in [-0.4, -0.2) is 49.1 Å². The molecule has 3 rings (SSSR count). The number of carbonyl (C=O) groups excluding carboxylic acids is 2. The highest BCUT2D eigenvalue weighted by Gasteiger charge is 2.28. The van der Waals surface area contributed by atoms with Gasteiger partial charge < -0.3 is 19.7 Å². The zero-order chi connectivity index (χ0) is 16.9. The van der Waals surface area contributed by atoms with Crippen LogP contribution >= 0.6 is 0 Å². The Labute approximate surface area is 142 Å². The molecule has 130 valence electrons. The average Bonchev–Trinajstić information content (AvgIpc) is 2.65. The zero-order valence-electron chi connectivity index (χ0n) is 14.0. The van der Waals surface area contributed by atoms with E-state index in [9.17, 15) is 9.59 Å². The molecule has 1 saturated carbocycles. The van der Waals surface area contributed by atoms with Crippen LogP contribution in [0.1, 0.15) is 32.1 Å². The smallest absolute Gasteiger partial charge is 0.311 e. The number of rotatable bonds is 3. The van der Waals surface area contributed by atoms with Gasteiger partial charge in [-0.3, -0.25) is 9.59 Å². The van der Waals surface area contributed by atoms with E-state index in [1.54, 1.807) is 11.9 Å². The molecule has 24 heavy (non-hydrogen) atoms. The predicted octanol–water partition coefficient (Wildman–Crippen LogP) is 1.73. The van der Waals surface area contributed by atoms with Gasteiger partial charge in [-0.15, -0.1) is 0 Å². The van der Waals surface area contributed by atoms with Gasteiger partial charge in [0.25, 0.3) is 0 Å². The van der Waals surface area contributed by atoms with Gasteiger partial charge in [-0.1, -0.05) is 31.4 Å². The number of fused-ring (bicyclic) bond motifs is 1. The summed E-state index contributed by atoms with van der Waals surface area (Å²) in [6, 6.07) is 7.59. The molecule has 1 aromatic carbocycles. The molecule has 6 nitrogen and oxygen atoms in total. The van der Waals surface area contributed by atoms with E-state index in [1.807, 2.05) is 24.3 Å². The maximum Gasteiger partial charge on any atom is 0.311 e. The summed E-state index contributed by atoms with van der Waals surface area (Å²) in [4.78, 5) is 26.0. The van der Waals surface area contributed by atoms with Gasteiger partial charge in [-0.25, -0.2) is 0 Å². The van der Waals surface area contributed by atoms with Gasteiger partial charge in [0.2, 0.25) is 0 Å². The first-order valence-corrected chi connectivity index (χ1v) is 8.58. The Morgan fingerprint density at radius 3 is 2.62 bits per heavy atom. The molecule has 0 radical (unpaired) electrons. The Kier molecular flexibility index (Phi) is 5.23. The van der Waals surface area contributed by atoms with Gasteiger partial charge in [-0.05, 0) is 25.0 Å². The average molecular weight is 332 g/mol. The summed E-state index contributed by atoms with van der Waals surface area (Å²) in [7, 11) is 1.72. The van der Waals surface area contributed by atoms with E-state index in [0.717, 1.165) is 25.7 Å². The van der Waals surface area contributed by atoms with Crippen molar-refractivity contribution in [1.82, 2.24) is 10.2 Å². The Bertz CT molecular complexity index is 598. The molecule has 1 fully saturated rings. The number of para-hydroxylation sites is 2. The molecule has 0 aromatic heterocycles. The van der Waals surface area contributed by atoms with Crippen molar-refractivity contribution in [2.24, 2.45) is 0 Å². The standard InChI is InChI=1S/C18H24N2O4/c1-20(13-7-3-2-4-8-13)18(22)17(21)19-11-14-12-23-15-9-5-6-10-16(15)24-14/h5-6,9-10,13-14H,2-4,7-8,11-12H2,1H3,(H,19,21). The van der Waals surface area contributed by atoms with E-state index in [4.69, 9.17) is 9.47 Å². The van der Waals surface area contributed by atoms with Crippen LogP contribution in [0.4, 0.5) is 0 Å². The van der Waals surface area contributed by atoms with Crippen LogP contribution in [-0.2, 0) is 9.59 Å². The SMILES string of the molecule is CN(C(=O)C(=O)NCC1COc2ccccc2O1)C1CCCCC1. The van der Waals surface area contributed by atoms with Crippen molar-refractivity contribution in [1.29, 1.82) is 0 Å². The molecule has 1 N–H and O–H groups in total. The van der Waals surface area contributed by atoms with Gasteiger partial charge in [0.05, 0.1) is 6.54 Å². The van der Waals surface area contributed by atoms with Crippen LogP contribution < -0.4 is 14.8 Å². The molecule has 1 aliphatic carbocycles. The van der Waals surface area contributed by atoms with E-state index < -0.39 is 11.8 Å². The van der Waals surface area contributed by atoms with E-state index in [-0.39, 0.29) is 18.7 Å². The minimum Gasteiger partial charge on any atom is -0.486 e. The third-order valence-corrected chi connectivity index (χ3v) is 4.69. The number of nitrogens with one attached hydrogen (secondary N) is 1. The monoisotopic (exact) mass is 332 g/mol. The van der Waals surface area contributed by atoms with Crippen molar-refractivity contribution in [2.45, 2.75) is 44.2 Å². The number of hydrogen-bond acceptors (Lipinski definition) is 4. The lowest BCUT2D eigenvalue weighted by Crippen LogP contribution is -2.49. The van der Waals surface area contributed by atoms with Crippen molar-refractivity contribution in [3.63, 3.8) is 0 Å².